The number of para-hydroxylation sites is 1. The van der Waals surface area contributed by atoms with Gasteiger partial charge in [0.2, 0.25) is 5.88 Å². The first-order valence-electron chi connectivity index (χ1n) is 11.2. The molecule has 0 saturated heterocycles. The summed E-state index contributed by atoms with van der Waals surface area (Å²) in [4.78, 5) is 18.7. The number of nitrogens with zero attached hydrogens (tertiary/aromatic N) is 1. The number of aromatic hydroxyl groups is 1. The number of thioether (sulfide) groups is 1. The van der Waals surface area contributed by atoms with Crippen molar-refractivity contribution in [1.82, 2.24) is 10.3 Å². The van der Waals surface area contributed by atoms with Crippen molar-refractivity contribution in [2.75, 3.05) is 0 Å². The maximum Gasteiger partial charge on any atom is 0.262 e. The standard InChI is InChI=1S/C28H20ClFN2O4S/c29-20-7-2-4-9-23(20)37-26-22(34)16-28(32-27(26)35,19-6-1-3-8-21(19)33)24-10-5-11-25(31-24)36-18-14-12-17(30)13-15-18/h1-15,33-34H,16H2,(H,32,35). The molecule has 0 fully saturated rings. The van der Waals surface area contributed by atoms with Crippen LogP contribution in [0.5, 0.6) is 17.4 Å². The van der Waals surface area contributed by atoms with Gasteiger partial charge in [-0.3, -0.25) is 4.79 Å². The van der Waals surface area contributed by atoms with E-state index in [0.717, 1.165) is 11.8 Å². The highest BCUT2D eigenvalue weighted by molar-refractivity contribution is 8.04. The molecule has 0 saturated carbocycles. The zero-order valence-electron chi connectivity index (χ0n) is 19.2. The van der Waals surface area contributed by atoms with E-state index >= 15 is 0 Å². The van der Waals surface area contributed by atoms with Gasteiger partial charge in [-0.25, -0.2) is 9.37 Å². The molecule has 1 aliphatic rings. The molecule has 1 unspecified atom stereocenters. The molecule has 186 valence electrons. The largest absolute Gasteiger partial charge is 0.511 e. The highest BCUT2D eigenvalue weighted by Crippen LogP contribution is 2.45. The van der Waals surface area contributed by atoms with Crippen LogP contribution in [0.25, 0.3) is 0 Å². The quantitative estimate of drug-likeness (QED) is 0.255. The number of halogens is 2. The van der Waals surface area contributed by atoms with Gasteiger partial charge in [-0.05, 0) is 48.5 Å². The Labute approximate surface area is 221 Å². The summed E-state index contributed by atoms with van der Waals surface area (Å²) in [6.07, 6.45) is -0.0872. The maximum atomic E-state index is 13.4. The number of benzene rings is 3. The molecule has 3 aromatic carbocycles. The molecule has 1 amide bonds. The number of aliphatic hydroxyl groups is 1. The van der Waals surface area contributed by atoms with Crippen molar-refractivity contribution < 1.29 is 24.1 Å². The smallest absolute Gasteiger partial charge is 0.262 e. The fourth-order valence-electron chi connectivity index (χ4n) is 4.12. The summed E-state index contributed by atoms with van der Waals surface area (Å²) in [7, 11) is 0. The number of carbonyl (C=O) groups is 1. The summed E-state index contributed by atoms with van der Waals surface area (Å²) in [6.45, 7) is 0. The number of hydrogen-bond acceptors (Lipinski definition) is 6. The van der Waals surface area contributed by atoms with E-state index < -0.39 is 17.3 Å². The lowest BCUT2D eigenvalue weighted by atomic mass is 9.80. The van der Waals surface area contributed by atoms with Crippen molar-refractivity contribution in [2.24, 2.45) is 0 Å². The number of aromatic nitrogens is 1. The van der Waals surface area contributed by atoms with Gasteiger partial charge < -0.3 is 20.3 Å². The summed E-state index contributed by atoms with van der Waals surface area (Å²) < 4.78 is 19.1. The van der Waals surface area contributed by atoms with E-state index in [1.54, 1.807) is 60.7 Å². The molecule has 0 aliphatic carbocycles. The van der Waals surface area contributed by atoms with Crippen LogP contribution in [-0.4, -0.2) is 21.1 Å². The Bertz CT molecular complexity index is 1510. The molecule has 5 rings (SSSR count). The first kappa shape index (κ1) is 24.7. The number of rotatable bonds is 6. The van der Waals surface area contributed by atoms with Crippen molar-refractivity contribution >= 4 is 29.3 Å². The van der Waals surface area contributed by atoms with Crippen LogP contribution in [0.1, 0.15) is 17.7 Å². The fourth-order valence-corrected chi connectivity index (χ4v) is 5.24. The minimum atomic E-state index is -1.40. The number of ether oxygens (including phenoxy) is 1. The lowest BCUT2D eigenvalue weighted by Crippen LogP contribution is -2.51. The van der Waals surface area contributed by atoms with Gasteiger partial charge in [-0.15, -0.1) is 0 Å². The van der Waals surface area contributed by atoms with E-state index in [2.05, 4.69) is 10.3 Å². The summed E-state index contributed by atoms with van der Waals surface area (Å²) in [6, 6.07) is 24.0. The second-order valence-corrected chi connectivity index (χ2v) is 9.74. The van der Waals surface area contributed by atoms with Crippen molar-refractivity contribution in [3.8, 4) is 17.4 Å². The first-order valence-corrected chi connectivity index (χ1v) is 12.4. The van der Waals surface area contributed by atoms with Crippen molar-refractivity contribution in [1.29, 1.82) is 0 Å². The Balaban J connectivity index is 1.58. The van der Waals surface area contributed by atoms with Crippen LogP contribution in [0.15, 0.2) is 107 Å². The number of aliphatic hydroxyl groups excluding tert-OH is 1. The minimum absolute atomic E-state index is 0.0792. The topological polar surface area (TPSA) is 91.7 Å². The second kappa shape index (κ2) is 10.2. The SMILES string of the molecule is O=C1NC(c2cccc(Oc3ccc(F)cc3)n2)(c2ccccc2O)CC(O)=C1Sc1ccccc1Cl. The van der Waals surface area contributed by atoms with Gasteiger partial charge in [0.25, 0.3) is 5.91 Å². The number of phenolic OH excluding ortho intramolecular Hbond substituents is 1. The molecule has 1 aromatic heterocycles. The van der Waals surface area contributed by atoms with Crippen LogP contribution in [0.2, 0.25) is 5.02 Å². The first-order chi connectivity index (χ1) is 17.9. The highest BCUT2D eigenvalue weighted by atomic mass is 35.5. The number of phenols is 1. The van der Waals surface area contributed by atoms with Crippen molar-refractivity contribution in [3.63, 3.8) is 0 Å². The zero-order valence-corrected chi connectivity index (χ0v) is 20.8. The monoisotopic (exact) mass is 534 g/mol. The Kier molecular flexibility index (Phi) is 6.78. The van der Waals surface area contributed by atoms with Crippen LogP contribution in [0, 0.1) is 5.82 Å². The summed E-state index contributed by atoms with van der Waals surface area (Å²) in [5.74, 6) is -0.647. The third-order valence-corrected chi connectivity index (χ3v) is 7.48. The minimum Gasteiger partial charge on any atom is -0.511 e. The number of amides is 1. The molecule has 0 bridgehead atoms. The van der Waals surface area contributed by atoms with Crippen molar-refractivity contribution in [2.45, 2.75) is 16.9 Å². The average Bonchev–Trinajstić information content (AvgIpc) is 2.89. The Morgan fingerprint density at radius 1 is 0.946 bits per heavy atom. The number of hydrogen-bond donors (Lipinski definition) is 3. The van der Waals surface area contributed by atoms with Gasteiger partial charge in [0.15, 0.2) is 0 Å². The molecule has 0 spiro atoms. The summed E-state index contributed by atoms with van der Waals surface area (Å²) in [5.41, 5.74) is -0.724. The van der Waals surface area contributed by atoms with E-state index in [1.165, 1.54) is 30.3 Å². The van der Waals surface area contributed by atoms with E-state index in [1.807, 2.05) is 0 Å². The van der Waals surface area contributed by atoms with E-state index in [4.69, 9.17) is 16.3 Å². The molecule has 9 heteroatoms. The summed E-state index contributed by atoms with van der Waals surface area (Å²) >= 11 is 7.32. The Hall–Kier alpha value is -4.01. The maximum absolute atomic E-state index is 13.4. The number of pyridine rings is 1. The molecular formula is C28H20ClFN2O4S. The van der Waals surface area contributed by atoms with Crippen LogP contribution in [0.3, 0.4) is 0 Å². The predicted molar refractivity (Wildman–Crippen MR) is 139 cm³/mol. The molecular weight excluding hydrogens is 515 g/mol. The second-order valence-electron chi connectivity index (χ2n) is 8.28. The van der Waals surface area contributed by atoms with Gasteiger partial charge in [0, 0.05) is 22.9 Å². The number of carbonyl (C=O) groups excluding carboxylic acids is 1. The van der Waals surface area contributed by atoms with Crippen LogP contribution in [-0.2, 0) is 10.3 Å². The van der Waals surface area contributed by atoms with Gasteiger partial charge in [-0.1, -0.05) is 59.8 Å². The van der Waals surface area contributed by atoms with Crippen LogP contribution in [0.4, 0.5) is 4.39 Å². The number of nitrogens with one attached hydrogen (secondary N) is 1. The Morgan fingerprint density at radius 2 is 1.68 bits per heavy atom. The van der Waals surface area contributed by atoms with Crippen LogP contribution >= 0.6 is 23.4 Å². The van der Waals surface area contributed by atoms with Gasteiger partial charge in [0.05, 0.1) is 10.7 Å². The zero-order chi connectivity index (χ0) is 26.0. The van der Waals surface area contributed by atoms with E-state index in [-0.39, 0.29) is 28.7 Å². The van der Waals surface area contributed by atoms with Gasteiger partial charge >= 0.3 is 0 Å². The lowest BCUT2D eigenvalue weighted by molar-refractivity contribution is -0.119. The normalized spacial score (nSPS) is 17.4. The Morgan fingerprint density at radius 3 is 2.41 bits per heavy atom. The van der Waals surface area contributed by atoms with E-state index in [9.17, 15) is 19.4 Å². The fraction of sp³-hybridized carbons (Fsp3) is 0.0714. The van der Waals surface area contributed by atoms with E-state index in [0.29, 0.717) is 26.9 Å². The molecule has 6 nitrogen and oxygen atoms in total. The van der Waals surface area contributed by atoms with Gasteiger partial charge in [-0.2, -0.15) is 0 Å². The van der Waals surface area contributed by atoms with Gasteiger partial charge in [0.1, 0.15) is 33.5 Å². The predicted octanol–water partition coefficient (Wildman–Crippen LogP) is 6.70. The lowest BCUT2D eigenvalue weighted by Gasteiger charge is -2.38. The molecule has 1 atom stereocenters. The third kappa shape index (κ3) is 4.98. The average molecular weight is 535 g/mol. The molecule has 3 N–H and O–H groups in total. The summed E-state index contributed by atoms with van der Waals surface area (Å²) in [5, 5.41) is 25.3. The molecule has 1 aliphatic heterocycles. The van der Waals surface area contributed by atoms with Crippen LogP contribution < -0.4 is 10.1 Å². The molecule has 2 heterocycles. The highest BCUT2D eigenvalue weighted by Gasteiger charge is 2.45. The molecule has 37 heavy (non-hydrogen) atoms. The van der Waals surface area contributed by atoms with Crippen molar-refractivity contribution in [3.05, 3.63) is 124 Å². The molecule has 4 aromatic rings. The molecule has 0 radical (unpaired) electrons. The third-order valence-electron chi connectivity index (χ3n) is 5.84.